The van der Waals surface area contributed by atoms with E-state index in [0.29, 0.717) is 12.1 Å². The first-order valence-electron chi connectivity index (χ1n) is 9.31. The van der Waals surface area contributed by atoms with Crippen molar-refractivity contribution in [2.75, 3.05) is 19.7 Å². The summed E-state index contributed by atoms with van der Waals surface area (Å²) in [6.45, 7) is 1.88. The molecule has 0 aliphatic heterocycles. The molecule has 0 fully saturated rings. The van der Waals surface area contributed by atoms with Crippen LogP contribution in [-0.2, 0) is 14.3 Å². The maximum Gasteiger partial charge on any atom is 0.338 e. The molecular formula is C21H22N4O4. The number of carbonyl (C=O) groups is 3. The molecule has 2 amide bonds. The maximum atomic E-state index is 12.1. The van der Waals surface area contributed by atoms with E-state index in [1.54, 1.807) is 30.6 Å². The van der Waals surface area contributed by atoms with Gasteiger partial charge in [-0.1, -0.05) is 19.1 Å². The van der Waals surface area contributed by atoms with Gasteiger partial charge in [-0.2, -0.15) is 0 Å². The van der Waals surface area contributed by atoms with Gasteiger partial charge in [0.25, 0.3) is 5.91 Å². The molecule has 8 heteroatoms. The summed E-state index contributed by atoms with van der Waals surface area (Å²) in [5.74, 6) is -1.43. The summed E-state index contributed by atoms with van der Waals surface area (Å²) in [6, 6.07) is 14.6. The summed E-state index contributed by atoms with van der Waals surface area (Å²) < 4.78 is 6.92. The van der Waals surface area contributed by atoms with E-state index >= 15 is 0 Å². The fraction of sp³-hybridized carbons (Fsp3) is 0.238. The summed E-state index contributed by atoms with van der Waals surface area (Å²) in [4.78, 5) is 39.6. The lowest BCUT2D eigenvalue weighted by Gasteiger charge is -2.08. The number of nitrogens with one attached hydrogen (secondary N) is 2. The minimum absolute atomic E-state index is 0.149. The van der Waals surface area contributed by atoms with Gasteiger partial charge in [-0.25, -0.2) is 9.78 Å². The Balaban J connectivity index is 1.53. The van der Waals surface area contributed by atoms with E-state index < -0.39 is 18.5 Å². The highest BCUT2D eigenvalue weighted by atomic mass is 16.5. The number of benzene rings is 2. The summed E-state index contributed by atoms with van der Waals surface area (Å²) in [5, 5.41) is 5.04. The molecule has 2 aromatic carbocycles. The van der Waals surface area contributed by atoms with Gasteiger partial charge in [0.15, 0.2) is 6.61 Å². The van der Waals surface area contributed by atoms with E-state index in [9.17, 15) is 14.4 Å². The van der Waals surface area contributed by atoms with E-state index in [4.69, 9.17) is 4.74 Å². The van der Waals surface area contributed by atoms with Gasteiger partial charge >= 0.3 is 5.97 Å². The minimum Gasteiger partial charge on any atom is -0.452 e. The number of esters is 1. The Labute approximate surface area is 167 Å². The van der Waals surface area contributed by atoms with E-state index in [-0.39, 0.29) is 12.5 Å². The van der Waals surface area contributed by atoms with Crippen molar-refractivity contribution in [1.82, 2.24) is 20.2 Å². The van der Waals surface area contributed by atoms with Crippen LogP contribution >= 0.6 is 0 Å². The van der Waals surface area contributed by atoms with Gasteiger partial charge in [-0.05, 0) is 42.8 Å². The zero-order valence-corrected chi connectivity index (χ0v) is 16.1. The molecule has 0 atom stereocenters. The third-order valence-corrected chi connectivity index (χ3v) is 4.19. The number of hydrogen-bond acceptors (Lipinski definition) is 5. The van der Waals surface area contributed by atoms with Gasteiger partial charge in [-0.15, -0.1) is 0 Å². The summed E-state index contributed by atoms with van der Waals surface area (Å²) in [7, 11) is 0. The van der Waals surface area contributed by atoms with Crippen LogP contribution in [0.5, 0.6) is 0 Å². The topological polar surface area (TPSA) is 102 Å². The lowest BCUT2D eigenvalue weighted by atomic mass is 10.2. The van der Waals surface area contributed by atoms with Crippen molar-refractivity contribution in [3.05, 3.63) is 60.4 Å². The van der Waals surface area contributed by atoms with Crippen LogP contribution in [0.3, 0.4) is 0 Å². The second-order valence-corrected chi connectivity index (χ2v) is 6.35. The third-order valence-electron chi connectivity index (χ3n) is 4.19. The van der Waals surface area contributed by atoms with E-state index in [1.807, 2.05) is 35.8 Å². The van der Waals surface area contributed by atoms with Crippen LogP contribution in [0.1, 0.15) is 23.7 Å². The van der Waals surface area contributed by atoms with Gasteiger partial charge in [0.2, 0.25) is 5.91 Å². The number of fused-ring (bicyclic) bond motifs is 1. The molecule has 8 nitrogen and oxygen atoms in total. The summed E-state index contributed by atoms with van der Waals surface area (Å²) >= 11 is 0. The number of hydrogen-bond donors (Lipinski definition) is 2. The van der Waals surface area contributed by atoms with Crippen molar-refractivity contribution in [1.29, 1.82) is 0 Å². The normalized spacial score (nSPS) is 10.5. The predicted molar refractivity (Wildman–Crippen MR) is 108 cm³/mol. The van der Waals surface area contributed by atoms with Crippen molar-refractivity contribution in [3.63, 3.8) is 0 Å². The highest BCUT2D eigenvalue weighted by Crippen LogP contribution is 2.18. The van der Waals surface area contributed by atoms with Crippen LogP contribution in [0.25, 0.3) is 16.7 Å². The maximum absolute atomic E-state index is 12.1. The molecule has 0 aliphatic carbocycles. The van der Waals surface area contributed by atoms with E-state index in [2.05, 4.69) is 15.6 Å². The quantitative estimate of drug-likeness (QED) is 0.568. The molecule has 29 heavy (non-hydrogen) atoms. The molecule has 0 bridgehead atoms. The van der Waals surface area contributed by atoms with Gasteiger partial charge in [0.1, 0.15) is 6.33 Å². The van der Waals surface area contributed by atoms with Crippen molar-refractivity contribution >= 4 is 28.8 Å². The first-order valence-corrected chi connectivity index (χ1v) is 9.31. The monoisotopic (exact) mass is 394 g/mol. The minimum atomic E-state index is -0.613. The van der Waals surface area contributed by atoms with E-state index in [0.717, 1.165) is 23.1 Å². The average molecular weight is 394 g/mol. The zero-order chi connectivity index (χ0) is 20.6. The second-order valence-electron chi connectivity index (χ2n) is 6.35. The standard InChI is InChI=1S/C21H22N4O4/c1-2-11-22-19(26)12-23-20(27)13-29-21(28)15-7-9-16(10-8-15)25-14-24-17-5-3-4-6-18(17)25/h3-10,14H,2,11-13H2,1H3,(H,22,26)(H,23,27). The number of nitrogens with zero attached hydrogens (tertiary/aromatic N) is 2. The van der Waals surface area contributed by atoms with Crippen LogP contribution in [0.4, 0.5) is 0 Å². The molecular weight excluding hydrogens is 372 g/mol. The fourth-order valence-corrected chi connectivity index (χ4v) is 2.69. The molecule has 0 saturated carbocycles. The summed E-state index contributed by atoms with van der Waals surface area (Å²) in [6.07, 6.45) is 2.53. The molecule has 1 heterocycles. The number of para-hydroxylation sites is 2. The molecule has 150 valence electrons. The van der Waals surface area contributed by atoms with Crippen LogP contribution in [-0.4, -0.2) is 47.0 Å². The number of imidazole rings is 1. The predicted octanol–water partition coefficient (Wildman–Crippen LogP) is 1.82. The number of ether oxygens (including phenoxy) is 1. The van der Waals surface area contributed by atoms with Crippen LogP contribution in [0.2, 0.25) is 0 Å². The van der Waals surface area contributed by atoms with Crippen molar-refractivity contribution in [2.45, 2.75) is 13.3 Å². The van der Waals surface area contributed by atoms with Gasteiger partial charge in [0, 0.05) is 12.2 Å². The van der Waals surface area contributed by atoms with Gasteiger partial charge in [-0.3, -0.25) is 14.2 Å². The van der Waals surface area contributed by atoms with Crippen molar-refractivity contribution < 1.29 is 19.1 Å². The van der Waals surface area contributed by atoms with Crippen molar-refractivity contribution in [2.24, 2.45) is 0 Å². The first-order chi connectivity index (χ1) is 14.1. The largest absolute Gasteiger partial charge is 0.452 e. The SMILES string of the molecule is CCCNC(=O)CNC(=O)COC(=O)c1ccc(-n2cnc3ccccc32)cc1. The van der Waals surface area contributed by atoms with Gasteiger partial charge in [0.05, 0.1) is 23.1 Å². The smallest absolute Gasteiger partial charge is 0.338 e. The Morgan fingerprint density at radius 1 is 1.00 bits per heavy atom. The lowest BCUT2D eigenvalue weighted by Crippen LogP contribution is -2.38. The van der Waals surface area contributed by atoms with Crippen LogP contribution in [0.15, 0.2) is 54.9 Å². The second kappa shape index (κ2) is 9.50. The Hall–Kier alpha value is -3.68. The Morgan fingerprint density at radius 3 is 2.52 bits per heavy atom. The zero-order valence-electron chi connectivity index (χ0n) is 16.1. The van der Waals surface area contributed by atoms with E-state index in [1.165, 1.54) is 0 Å². The lowest BCUT2D eigenvalue weighted by molar-refractivity contribution is -0.127. The van der Waals surface area contributed by atoms with Crippen molar-refractivity contribution in [3.8, 4) is 5.69 Å². The first kappa shape index (κ1) is 20.1. The van der Waals surface area contributed by atoms with Crippen LogP contribution in [0, 0.1) is 0 Å². The third kappa shape index (κ3) is 5.19. The highest BCUT2D eigenvalue weighted by Gasteiger charge is 2.12. The Bertz CT molecular complexity index is 1010. The Morgan fingerprint density at radius 2 is 1.76 bits per heavy atom. The molecule has 0 aliphatic rings. The average Bonchev–Trinajstić information content (AvgIpc) is 3.18. The molecule has 0 unspecified atom stereocenters. The number of aromatic nitrogens is 2. The summed E-state index contributed by atoms with van der Waals surface area (Å²) in [5.41, 5.74) is 3.02. The molecule has 0 spiro atoms. The molecule has 0 saturated heterocycles. The number of amides is 2. The number of carbonyl (C=O) groups excluding carboxylic acids is 3. The molecule has 3 aromatic rings. The molecule has 3 rings (SSSR count). The molecule has 2 N–H and O–H groups in total. The van der Waals surface area contributed by atoms with Crippen LogP contribution < -0.4 is 10.6 Å². The molecule has 1 aromatic heterocycles. The number of rotatable bonds is 8. The Kier molecular flexibility index (Phi) is 6.57. The highest BCUT2D eigenvalue weighted by molar-refractivity contribution is 5.92. The fourth-order valence-electron chi connectivity index (χ4n) is 2.69. The van der Waals surface area contributed by atoms with Gasteiger partial charge < -0.3 is 15.4 Å². The molecule has 0 radical (unpaired) electrons.